The highest BCUT2D eigenvalue weighted by Gasteiger charge is 2.28. The second kappa shape index (κ2) is 7.40. The summed E-state index contributed by atoms with van der Waals surface area (Å²) in [6.07, 6.45) is 0.550. The highest BCUT2D eigenvalue weighted by molar-refractivity contribution is 7.92. The van der Waals surface area contributed by atoms with Crippen LogP contribution in [0.2, 0.25) is 0 Å². The van der Waals surface area contributed by atoms with Gasteiger partial charge in [0.15, 0.2) is 12.4 Å². The number of thiazole rings is 1. The third-order valence-corrected chi connectivity index (χ3v) is 7.21. The van der Waals surface area contributed by atoms with Crippen molar-refractivity contribution in [3.8, 4) is 0 Å². The van der Waals surface area contributed by atoms with E-state index in [0.29, 0.717) is 34.8 Å². The van der Waals surface area contributed by atoms with Gasteiger partial charge in [-0.2, -0.15) is 0 Å². The number of hydrogen-bond donors (Lipinski definition) is 0. The molecule has 0 saturated heterocycles. The number of Topliss-reactive ketones (excluding diaryl/α,β-unsaturated/α-hetero) is 1. The summed E-state index contributed by atoms with van der Waals surface area (Å²) in [4.78, 5) is 29.1. The van der Waals surface area contributed by atoms with E-state index < -0.39 is 16.0 Å². The van der Waals surface area contributed by atoms with Crippen LogP contribution in [-0.4, -0.2) is 44.1 Å². The molecular formula is C18H20N2O5S2. The summed E-state index contributed by atoms with van der Waals surface area (Å²) in [5.41, 5.74) is 2.40. The number of carbonyl (C=O) groups is 2. The smallest absolute Gasteiger partial charge is 0.350 e. The van der Waals surface area contributed by atoms with E-state index in [9.17, 15) is 18.0 Å². The number of sulfonamides is 1. The fraction of sp³-hybridized carbons (Fsp3) is 0.389. The summed E-state index contributed by atoms with van der Waals surface area (Å²) in [7, 11) is -3.32. The fourth-order valence-corrected chi connectivity index (χ4v) is 4.96. The van der Waals surface area contributed by atoms with Gasteiger partial charge in [0, 0.05) is 12.1 Å². The van der Waals surface area contributed by atoms with E-state index in [-0.39, 0.29) is 18.1 Å². The molecule has 0 fully saturated rings. The molecule has 3 rings (SSSR count). The van der Waals surface area contributed by atoms with Crippen LogP contribution < -0.4 is 4.31 Å². The monoisotopic (exact) mass is 408 g/mol. The van der Waals surface area contributed by atoms with E-state index in [0.717, 1.165) is 10.6 Å². The minimum atomic E-state index is -3.32. The van der Waals surface area contributed by atoms with Gasteiger partial charge in [-0.1, -0.05) is 0 Å². The van der Waals surface area contributed by atoms with E-state index in [4.69, 9.17) is 4.74 Å². The van der Waals surface area contributed by atoms with E-state index >= 15 is 0 Å². The van der Waals surface area contributed by atoms with Crippen molar-refractivity contribution in [1.82, 2.24) is 4.98 Å². The first-order chi connectivity index (χ1) is 12.7. The molecule has 0 radical (unpaired) electrons. The molecule has 0 bridgehead atoms. The Morgan fingerprint density at radius 1 is 1.30 bits per heavy atom. The number of ketones is 1. The normalized spacial score (nSPS) is 13.5. The first-order valence-corrected chi connectivity index (χ1v) is 10.9. The van der Waals surface area contributed by atoms with Crippen molar-refractivity contribution in [2.75, 3.05) is 23.2 Å². The van der Waals surface area contributed by atoms with Crippen LogP contribution >= 0.6 is 11.3 Å². The van der Waals surface area contributed by atoms with Crippen molar-refractivity contribution in [3.63, 3.8) is 0 Å². The maximum Gasteiger partial charge on any atom is 0.350 e. The standard InChI is InChI=1S/C18H20N2O5S2/c1-4-27(23,24)20-8-7-13-9-14(5-6-15(13)20)16(21)10-25-18(22)17-11(2)19-12(3)26-17/h5-6,9H,4,7-8,10H2,1-3H3. The van der Waals surface area contributed by atoms with Gasteiger partial charge in [0.1, 0.15) is 4.88 Å². The van der Waals surface area contributed by atoms with Gasteiger partial charge in [0.2, 0.25) is 10.0 Å². The minimum Gasteiger partial charge on any atom is -0.453 e. The van der Waals surface area contributed by atoms with Gasteiger partial charge >= 0.3 is 5.97 Å². The van der Waals surface area contributed by atoms with Crippen molar-refractivity contribution < 1.29 is 22.7 Å². The van der Waals surface area contributed by atoms with E-state index in [1.165, 1.54) is 15.6 Å². The number of anilines is 1. The quantitative estimate of drug-likeness (QED) is 0.539. The Bertz CT molecular complexity index is 1010. The molecule has 1 aliphatic rings. The van der Waals surface area contributed by atoms with E-state index in [1.54, 1.807) is 39.0 Å². The largest absolute Gasteiger partial charge is 0.453 e. The Morgan fingerprint density at radius 3 is 2.67 bits per heavy atom. The fourth-order valence-electron chi connectivity index (χ4n) is 2.99. The van der Waals surface area contributed by atoms with Crippen LogP contribution in [0, 0.1) is 13.8 Å². The molecule has 7 nitrogen and oxygen atoms in total. The molecule has 0 atom stereocenters. The van der Waals surface area contributed by atoms with Crippen LogP contribution in [0.4, 0.5) is 5.69 Å². The van der Waals surface area contributed by atoms with Gasteiger partial charge in [0.25, 0.3) is 0 Å². The second-order valence-electron chi connectivity index (χ2n) is 6.21. The molecule has 144 valence electrons. The molecule has 9 heteroatoms. The summed E-state index contributed by atoms with van der Waals surface area (Å²) in [5, 5.41) is 0.760. The summed E-state index contributed by atoms with van der Waals surface area (Å²) >= 11 is 1.23. The Morgan fingerprint density at radius 2 is 2.04 bits per heavy atom. The third-order valence-electron chi connectivity index (χ3n) is 4.38. The van der Waals surface area contributed by atoms with Crippen LogP contribution in [0.25, 0.3) is 0 Å². The van der Waals surface area contributed by atoms with Crippen molar-refractivity contribution in [2.24, 2.45) is 0 Å². The molecule has 27 heavy (non-hydrogen) atoms. The second-order valence-corrected chi connectivity index (χ2v) is 9.60. The molecule has 0 saturated carbocycles. The van der Waals surface area contributed by atoms with E-state index in [1.807, 2.05) is 0 Å². The molecule has 2 heterocycles. The molecule has 0 amide bonds. The highest BCUT2D eigenvalue weighted by Crippen LogP contribution is 2.31. The van der Waals surface area contributed by atoms with Gasteiger partial charge in [-0.05, 0) is 51.0 Å². The lowest BCUT2D eigenvalue weighted by atomic mass is 10.1. The number of rotatable bonds is 6. The topological polar surface area (TPSA) is 93.6 Å². The molecule has 0 unspecified atom stereocenters. The molecule has 2 aromatic rings. The third kappa shape index (κ3) is 3.89. The van der Waals surface area contributed by atoms with Crippen molar-refractivity contribution in [3.05, 3.63) is 44.9 Å². The lowest BCUT2D eigenvalue weighted by Crippen LogP contribution is -2.30. The maximum atomic E-state index is 12.4. The number of esters is 1. The summed E-state index contributed by atoms with van der Waals surface area (Å²) < 4.78 is 30.8. The average Bonchev–Trinajstić information content (AvgIpc) is 3.21. The Kier molecular flexibility index (Phi) is 5.34. The van der Waals surface area contributed by atoms with Gasteiger partial charge in [0.05, 0.1) is 22.1 Å². The number of benzene rings is 1. The number of ether oxygens (including phenoxy) is 1. The number of aromatic nitrogens is 1. The van der Waals surface area contributed by atoms with Gasteiger partial charge in [-0.25, -0.2) is 18.2 Å². The van der Waals surface area contributed by atoms with Crippen molar-refractivity contribution in [1.29, 1.82) is 0 Å². The van der Waals surface area contributed by atoms with Crippen LogP contribution in [0.1, 0.15) is 43.2 Å². The average molecular weight is 409 g/mol. The molecule has 0 aliphatic carbocycles. The first kappa shape index (κ1) is 19.5. The van der Waals surface area contributed by atoms with Gasteiger partial charge in [-0.15, -0.1) is 11.3 Å². The number of carbonyl (C=O) groups excluding carboxylic acids is 2. The lowest BCUT2D eigenvalue weighted by Gasteiger charge is -2.18. The van der Waals surface area contributed by atoms with Gasteiger partial charge < -0.3 is 4.74 Å². The molecule has 1 aromatic heterocycles. The van der Waals surface area contributed by atoms with Crippen molar-refractivity contribution in [2.45, 2.75) is 27.2 Å². The summed E-state index contributed by atoms with van der Waals surface area (Å²) in [6.45, 7) is 5.13. The maximum absolute atomic E-state index is 12.4. The lowest BCUT2D eigenvalue weighted by molar-refractivity contribution is 0.0478. The molecule has 1 aromatic carbocycles. The number of nitrogens with zero attached hydrogens (tertiary/aromatic N) is 2. The minimum absolute atomic E-state index is 0.0273. The molecule has 1 aliphatic heterocycles. The van der Waals surface area contributed by atoms with Crippen LogP contribution in [0.3, 0.4) is 0 Å². The Hall–Kier alpha value is -2.26. The SMILES string of the molecule is CCS(=O)(=O)N1CCc2cc(C(=O)COC(=O)c3sc(C)nc3C)ccc21. The predicted molar refractivity (Wildman–Crippen MR) is 103 cm³/mol. The van der Waals surface area contributed by atoms with Crippen molar-refractivity contribution >= 4 is 38.8 Å². The number of aryl methyl sites for hydroxylation is 2. The Balaban J connectivity index is 1.70. The molecular weight excluding hydrogens is 388 g/mol. The number of fused-ring (bicyclic) bond motifs is 1. The van der Waals surface area contributed by atoms with Crippen LogP contribution in [0.15, 0.2) is 18.2 Å². The zero-order valence-electron chi connectivity index (χ0n) is 15.3. The van der Waals surface area contributed by atoms with E-state index in [2.05, 4.69) is 4.98 Å². The summed E-state index contributed by atoms with van der Waals surface area (Å²) in [5.74, 6) is -0.867. The zero-order valence-corrected chi connectivity index (χ0v) is 16.9. The Labute approximate surface area is 162 Å². The van der Waals surface area contributed by atoms with Crippen LogP contribution in [0.5, 0.6) is 0 Å². The molecule has 0 N–H and O–H groups in total. The van der Waals surface area contributed by atoms with Crippen LogP contribution in [-0.2, 0) is 21.2 Å². The predicted octanol–water partition coefficient (Wildman–Crippen LogP) is 2.51. The number of hydrogen-bond acceptors (Lipinski definition) is 7. The van der Waals surface area contributed by atoms with Gasteiger partial charge in [-0.3, -0.25) is 9.10 Å². The molecule has 0 spiro atoms. The highest BCUT2D eigenvalue weighted by atomic mass is 32.2. The zero-order chi connectivity index (χ0) is 19.8. The summed E-state index contributed by atoms with van der Waals surface area (Å²) in [6, 6.07) is 4.89. The first-order valence-electron chi connectivity index (χ1n) is 8.50.